The molecule has 0 amide bonds. The Morgan fingerprint density at radius 3 is 2.57 bits per heavy atom. The van der Waals surface area contributed by atoms with Gasteiger partial charge in [-0.2, -0.15) is 0 Å². The molecule has 28 heavy (non-hydrogen) atoms. The van der Waals surface area contributed by atoms with Gasteiger partial charge in [0.15, 0.2) is 0 Å². The Balaban J connectivity index is 0.00000225. The Morgan fingerprint density at radius 2 is 1.86 bits per heavy atom. The maximum Gasteiger partial charge on any atom is 0.275 e. The second-order valence-electron chi connectivity index (χ2n) is 6.71. The Kier molecular flexibility index (Phi) is 6.54. The van der Waals surface area contributed by atoms with E-state index in [0.717, 1.165) is 51.3 Å². The number of rotatable bonds is 5. The molecule has 1 N–H and O–H groups in total. The van der Waals surface area contributed by atoms with Gasteiger partial charge in [-0.3, -0.25) is 4.79 Å². The Hall–Kier alpha value is -1.34. The average Bonchev–Trinajstić information content (AvgIpc) is 3.04. The average molecular weight is 528 g/mol. The second-order valence-corrected chi connectivity index (χ2v) is 8.06. The Morgan fingerprint density at radius 1 is 1.11 bits per heavy atom. The number of nitrogens with zero attached hydrogens (tertiary/aromatic N) is 2. The lowest BCUT2D eigenvalue weighted by Gasteiger charge is -2.19. The van der Waals surface area contributed by atoms with Crippen LogP contribution in [0.15, 0.2) is 45.7 Å². The molecule has 4 aromatic rings. The third kappa shape index (κ3) is 3.63. The van der Waals surface area contributed by atoms with Crippen molar-refractivity contribution in [2.45, 2.75) is 20.4 Å². The molecule has 0 aliphatic carbocycles. The van der Waals surface area contributed by atoms with Crippen LogP contribution in [0.4, 0.5) is 0 Å². The molecule has 2 aromatic carbocycles. The lowest BCUT2D eigenvalue weighted by Crippen LogP contribution is -2.31. The zero-order valence-corrected chi connectivity index (χ0v) is 19.8. The Labute approximate surface area is 187 Å². The molecule has 0 saturated heterocycles. The Bertz CT molecular complexity index is 1210. The number of nitrogens with one attached hydrogen (secondary N) is 1. The molecule has 0 atom stereocenters. The molecular formula is C21H22Br2ClN3O. The van der Waals surface area contributed by atoms with E-state index < -0.39 is 0 Å². The summed E-state index contributed by atoms with van der Waals surface area (Å²) >= 11 is 9.86. The van der Waals surface area contributed by atoms with Gasteiger partial charge in [-0.1, -0.05) is 41.4 Å². The number of H-pyrrole nitrogens is 1. The number of aromatic amines is 1. The van der Waals surface area contributed by atoms with E-state index in [2.05, 4.69) is 39.7 Å². The normalized spacial score (nSPS) is 11.6. The van der Waals surface area contributed by atoms with Crippen molar-refractivity contribution in [3.8, 4) is 0 Å². The predicted octanol–water partition coefficient (Wildman–Crippen LogP) is 5.97. The van der Waals surface area contributed by atoms with Gasteiger partial charge in [0.05, 0.1) is 5.52 Å². The van der Waals surface area contributed by atoms with Crippen LogP contribution >= 0.6 is 44.5 Å². The first-order chi connectivity index (χ1) is 13.0. The van der Waals surface area contributed by atoms with E-state index in [1.165, 1.54) is 0 Å². The van der Waals surface area contributed by atoms with Crippen LogP contribution in [-0.2, 0) is 6.54 Å². The zero-order chi connectivity index (χ0) is 19.1. The highest BCUT2D eigenvalue weighted by atomic mass is 79.9. The number of halogens is 3. The highest BCUT2D eigenvalue weighted by Crippen LogP contribution is 2.33. The SMILES string of the molecule is Br.CCN(CC)CCn1c(=O)c2[nH]c3ccc(Br)cc3c2c2cc(Cl)ccc21. The number of fused-ring (bicyclic) bond motifs is 5. The fourth-order valence-corrected chi connectivity index (χ4v) is 4.33. The van der Waals surface area contributed by atoms with Gasteiger partial charge in [0.25, 0.3) is 5.56 Å². The minimum absolute atomic E-state index is 0. The van der Waals surface area contributed by atoms with Crippen molar-refractivity contribution in [3.05, 3.63) is 56.2 Å². The molecule has 2 heterocycles. The summed E-state index contributed by atoms with van der Waals surface area (Å²) in [7, 11) is 0. The molecule has 0 aliphatic rings. The summed E-state index contributed by atoms with van der Waals surface area (Å²) in [5.41, 5.74) is 2.52. The van der Waals surface area contributed by atoms with Crippen LogP contribution in [0.1, 0.15) is 13.8 Å². The molecule has 0 aliphatic heterocycles. The van der Waals surface area contributed by atoms with Gasteiger partial charge >= 0.3 is 0 Å². The molecule has 0 bridgehead atoms. The minimum Gasteiger partial charge on any atom is -0.350 e. The van der Waals surface area contributed by atoms with Gasteiger partial charge in [0.2, 0.25) is 0 Å². The molecule has 0 radical (unpaired) electrons. The topological polar surface area (TPSA) is 41.0 Å². The summed E-state index contributed by atoms with van der Waals surface area (Å²) in [5.74, 6) is 0. The summed E-state index contributed by atoms with van der Waals surface area (Å²) in [6.07, 6.45) is 0. The van der Waals surface area contributed by atoms with E-state index in [-0.39, 0.29) is 22.5 Å². The van der Waals surface area contributed by atoms with Crippen molar-refractivity contribution in [3.63, 3.8) is 0 Å². The highest BCUT2D eigenvalue weighted by Gasteiger charge is 2.16. The van der Waals surface area contributed by atoms with Crippen LogP contribution in [-0.4, -0.2) is 34.1 Å². The van der Waals surface area contributed by atoms with Gasteiger partial charge in [0, 0.05) is 44.3 Å². The molecule has 2 aromatic heterocycles. The van der Waals surface area contributed by atoms with Crippen LogP contribution < -0.4 is 5.56 Å². The van der Waals surface area contributed by atoms with Gasteiger partial charge in [-0.25, -0.2) is 0 Å². The molecule has 7 heteroatoms. The van der Waals surface area contributed by atoms with E-state index in [1.54, 1.807) is 0 Å². The standard InChI is InChI=1S/C21H21BrClN3O.BrH/c1-3-25(4-2)9-10-26-18-8-6-14(23)12-16(18)19-15-11-13(22)5-7-17(15)24-20(19)21(26)27;/h5-8,11-12,24H,3-4,9-10H2,1-2H3;1H. The number of aromatic nitrogens is 2. The smallest absolute Gasteiger partial charge is 0.275 e. The van der Waals surface area contributed by atoms with E-state index in [0.29, 0.717) is 17.1 Å². The highest BCUT2D eigenvalue weighted by molar-refractivity contribution is 9.10. The predicted molar refractivity (Wildman–Crippen MR) is 128 cm³/mol. The van der Waals surface area contributed by atoms with Crippen molar-refractivity contribution in [2.75, 3.05) is 19.6 Å². The number of pyridine rings is 1. The zero-order valence-electron chi connectivity index (χ0n) is 15.8. The van der Waals surface area contributed by atoms with E-state index in [9.17, 15) is 4.79 Å². The van der Waals surface area contributed by atoms with Gasteiger partial charge in [0.1, 0.15) is 5.52 Å². The summed E-state index contributed by atoms with van der Waals surface area (Å²) in [4.78, 5) is 19.0. The van der Waals surface area contributed by atoms with Crippen molar-refractivity contribution in [1.82, 2.24) is 14.5 Å². The quantitative estimate of drug-likeness (QED) is 0.347. The lowest BCUT2D eigenvalue weighted by atomic mass is 10.1. The van der Waals surface area contributed by atoms with Crippen LogP contribution in [0, 0.1) is 0 Å². The first-order valence-corrected chi connectivity index (χ1v) is 10.4. The molecular weight excluding hydrogens is 506 g/mol. The fourth-order valence-electron chi connectivity index (χ4n) is 3.80. The van der Waals surface area contributed by atoms with E-state index in [4.69, 9.17) is 11.6 Å². The summed E-state index contributed by atoms with van der Waals surface area (Å²) in [6, 6.07) is 11.8. The summed E-state index contributed by atoms with van der Waals surface area (Å²) in [5, 5.41) is 3.63. The molecule has 0 unspecified atom stereocenters. The molecule has 0 spiro atoms. The molecule has 4 rings (SSSR count). The first kappa shape index (κ1) is 21.4. The third-order valence-corrected chi connectivity index (χ3v) is 6.00. The largest absolute Gasteiger partial charge is 0.350 e. The van der Waals surface area contributed by atoms with Crippen LogP contribution in [0.3, 0.4) is 0 Å². The molecule has 0 fully saturated rings. The first-order valence-electron chi connectivity index (χ1n) is 9.18. The van der Waals surface area contributed by atoms with Crippen molar-refractivity contribution < 1.29 is 0 Å². The number of benzene rings is 2. The third-order valence-electron chi connectivity index (χ3n) is 5.27. The molecule has 4 nitrogen and oxygen atoms in total. The maximum absolute atomic E-state index is 13.3. The molecule has 148 valence electrons. The van der Waals surface area contributed by atoms with Crippen molar-refractivity contribution >= 4 is 77.2 Å². The monoisotopic (exact) mass is 525 g/mol. The fraction of sp³-hybridized carbons (Fsp3) is 0.286. The lowest BCUT2D eigenvalue weighted by molar-refractivity contribution is 0.291. The summed E-state index contributed by atoms with van der Waals surface area (Å²) in [6.45, 7) is 7.71. The summed E-state index contributed by atoms with van der Waals surface area (Å²) < 4.78 is 2.85. The molecule has 0 saturated carbocycles. The maximum atomic E-state index is 13.3. The van der Waals surface area contributed by atoms with Crippen LogP contribution in [0.5, 0.6) is 0 Å². The second kappa shape index (κ2) is 8.57. The van der Waals surface area contributed by atoms with Crippen molar-refractivity contribution in [1.29, 1.82) is 0 Å². The van der Waals surface area contributed by atoms with Gasteiger partial charge in [-0.15, -0.1) is 17.0 Å². The van der Waals surface area contributed by atoms with E-state index >= 15 is 0 Å². The van der Waals surface area contributed by atoms with Crippen LogP contribution in [0.2, 0.25) is 5.02 Å². The minimum atomic E-state index is 0. The number of likely N-dealkylation sites (N-methyl/N-ethyl adjacent to an activating group) is 1. The van der Waals surface area contributed by atoms with Crippen molar-refractivity contribution in [2.24, 2.45) is 0 Å². The van der Waals surface area contributed by atoms with E-state index in [1.807, 2.05) is 41.0 Å². The number of hydrogen-bond acceptors (Lipinski definition) is 2. The van der Waals surface area contributed by atoms with Crippen LogP contribution in [0.25, 0.3) is 32.7 Å². The van der Waals surface area contributed by atoms with Gasteiger partial charge < -0.3 is 14.5 Å². The van der Waals surface area contributed by atoms with Gasteiger partial charge in [-0.05, 0) is 49.5 Å². The number of hydrogen-bond donors (Lipinski definition) is 1.